The van der Waals surface area contributed by atoms with E-state index in [1.165, 1.54) is 0 Å². The van der Waals surface area contributed by atoms with E-state index in [0.29, 0.717) is 23.8 Å². The van der Waals surface area contributed by atoms with Gasteiger partial charge in [0.2, 0.25) is 5.91 Å². The number of ether oxygens (including phenoxy) is 1. The molecule has 1 saturated heterocycles. The number of carbonyl (C=O) groups excluding carboxylic acids is 2. The third kappa shape index (κ3) is 3.11. The van der Waals surface area contributed by atoms with E-state index in [0.717, 1.165) is 31.4 Å². The van der Waals surface area contributed by atoms with Crippen LogP contribution in [-0.4, -0.2) is 41.0 Å². The number of hydrogen-bond acceptors (Lipinski definition) is 4. The number of amides is 1. The first-order valence-corrected chi connectivity index (χ1v) is 8.11. The van der Waals surface area contributed by atoms with Crippen molar-refractivity contribution >= 4 is 23.0 Å². The molecule has 3 rings (SSSR count). The van der Waals surface area contributed by atoms with Crippen LogP contribution < -0.4 is 0 Å². The van der Waals surface area contributed by atoms with Gasteiger partial charge in [-0.15, -0.1) is 0 Å². The van der Waals surface area contributed by atoms with Crippen molar-refractivity contribution in [1.29, 1.82) is 0 Å². The molecule has 23 heavy (non-hydrogen) atoms. The molecule has 0 aromatic carbocycles. The molecule has 3 heterocycles. The topological polar surface area (TPSA) is 64.7 Å². The summed E-state index contributed by atoms with van der Waals surface area (Å²) >= 11 is 0. The van der Waals surface area contributed by atoms with E-state index >= 15 is 0 Å². The van der Waals surface area contributed by atoms with Gasteiger partial charge in [-0.05, 0) is 25.7 Å². The number of aromatic nitrogens is 1. The number of likely N-dealkylation sites (tertiary alicyclic amines) is 1. The molecule has 1 fully saturated rings. The fourth-order valence-electron chi connectivity index (χ4n) is 3.17. The van der Waals surface area contributed by atoms with Crippen LogP contribution in [-0.2, 0) is 16.1 Å². The summed E-state index contributed by atoms with van der Waals surface area (Å²) in [7, 11) is 0. The van der Waals surface area contributed by atoms with Crippen LogP contribution >= 0.6 is 0 Å². The number of carbonyl (C=O) groups is 2. The van der Waals surface area contributed by atoms with Crippen molar-refractivity contribution in [3.05, 3.63) is 24.1 Å². The summed E-state index contributed by atoms with van der Waals surface area (Å²) in [5.41, 5.74) is 1.69. The maximum absolute atomic E-state index is 12.6. The molecular weight excluding hydrogens is 296 g/mol. The van der Waals surface area contributed by atoms with Crippen LogP contribution in [0.3, 0.4) is 0 Å². The number of hydrogen-bond donors (Lipinski definition) is 0. The summed E-state index contributed by atoms with van der Waals surface area (Å²) in [5, 5.41) is 0. The first kappa shape index (κ1) is 15.6. The molecule has 0 bridgehead atoms. The maximum Gasteiger partial charge on any atom is 0.355 e. The maximum atomic E-state index is 12.6. The molecule has 0 radical (unpaired) electrons. The van der Waals surface area contributed by atoms with Crippen molar-refractivity contribution in [3.8, 4) is 0 Å². The normalized spacial score (nSPS) is 18.3. The number of fused-ring (bicyclic) bond motifs is 1. The van der Waals surface area contributed by atoms with Gasteiger partial charge in [-0.1, -0.05) is 6.92 Å². The lowest BCUT2D eigenvalue weighted by atomic mass is 10.0. The molecule has 0 unspecified atom stereocenters. The number of nitrogens with zero attached hydrogens (tertiary/aromatic N) is 2. The van der Waals surface area contributed by atoms with Crippen LogP contribution in [0, 0.1) is 5.92 Å². The van der Waals surface area contributed by atoms with Gasteiger partial charge >= 0.3 is 5.97 Å². The molecule has 0 aliphatic carbocycles. The third-order valence-corrected chi connectivity index (χ3v) is 4.31. The van der Waals surface area contributed by atoms with Crippen LogP contribution in [0.15, 0.2) is 22.8 Å². The van der Waals surface area contributed by atoms with Gasteiger partial charge in [-0.3, -0.25) is 4.79 Å². The number of rotatable bonds is 4. The van der Waals surface area contributed by atoms with Crippen LogP contribution in [0.1, 0.15) is 37.2 Å². The van der Waals surface area contributed by atoms with Gasteiger partial charge in [0.15, 0.2) is 5.58 Å². The molecule has 124 valence electrons. The Morgan fingerprint density at radius 1 is 1.43 bits per heavy atom. The molecule has 2 aromatic rings. The Bertz CT molecular complexity index is 715. The molecule has 0 spiro atoms. The Morgan fingerprint density at radius 3 is 3.00 bits per heavy atom. The van der Waals surface area contributed by atoms with Crippen LogP contribution in [0.2, 0.25) is 0 Å². The molecule has 1 aliphatic heterocycles. The average Bonchev–Trinajstić information content (AvgIpc) is 3.10. The first-order chi connectivity index (χ1) is 11.1. The zero-order valence-electron chi connectivity index (χ0n) is 13.6. The van der Waals surface area contributed by atoms with E-state index in [4.69, 9.17) is 9.15 Å². The van der Waals surface area contributed by atoms with Gasteiger partial charge in [0.1, 0.15) is 12.2 Å². The highest BCUT2D eigenvalue weighted by Crippen LogP contribution is 2.23. The fourth-order valence-corrected chi connectivity index (χ4v) is 3.17. The standard InChI is InChI=1S/C17H22N2O4/c1-3-22-17(21)14-9-15-13(6-8-23-15)19(14)11-16(20)18-7-4-5-12(2)10-18/h6,8-9,12H,3-5,7,10-11H2,1-2H3/t12-/m0/s1. The third-order valence-electron chi connectivity index (χ3n) is 4.31. The van der Waals surface area contributed by atoms with Gasteiger partial charge in [-0.2, -0.15) is 0 Å². The van der Waals surface area contributed by atoms with E-state index in [9.17, 15) is 9.59 Å². The molecule has 0 saturated carbocycles. The second-order valence-corrected chi connectivity index (χ2v) is 6.09. The number of furan rings is 1. The van der Waals surface area contributed by atoms with Crippen molar-refractivity contribution in [1.82, 2.24) is 9.47 Å². The molecule has 0 N–H and O–H groups in total. The van der Waals surface area contributed by atoms with Gasteiger partial charge in [-0.25, -0.2) is 4.79 Å². The molecule has 1 atom stereocenters. The Balaban J connectivity index is 1.85. The fraction of sp³-hybridized carbons (Fsp3) is 0.529. The lowest BCUT2D eigenvalue weighted by Gasteiger charge is -2.31. The first-order valence-electron chi connectivity index (χ1n) is 8.11. The minimum absolute atomic E-state index is 0.0285. The quantitative estimate of drug-likeness (QED) is 0.813. The van der Waals surface area contributed by atoms with Gasteiger partial charge in [0.25, 0.3) is 0 Å². The summed E-state index contributed by atoms with van der Waals surface area (Å²) in [6, 6.07) is 3.41. The van der Waals surface area contributed by atoms with Crippen molar-refractivity contribution in [2.24, 2.45) is 5.92 Å². The molecule has 1 amide bonds. The van der Waals surface area contributed by atoms with E-state index in [-0.39, 0.29) is 12.5 Å². The summed E-state index contributed by atoms with van der Waals surface area (Å²) in [6.45, 7) is 5.91. The van der Waals surface area contributed by atoms with Crippen LogP contribution in [0.25, 0.3) is 11.1 Å². The Hall–Kier alpha value is -2.24. The van der Waals surface area contributed by atoms with Crippen molar-refractivity contribution in [2.45, 2.75) is 33.2 Å². The summed E-state index contributed by atoms with van der Waals surface area (Å²) in [4.78, 5) is 26.6. The van der Waals surface area contributed by atoms with Crippen molar-refractivity contribution in [3.63, 3.8) is 0 Å². The van der Waals surface area contributed by atoms with Gasteiger partial charge in [0, 0.05) is 25.2 Å². The van der Waals surface area contributed by atoms with E-state index < -0.39 is 5.97 Å². The highest BCUT2D eigenvalue weighted by atomic mass is 16.5. The minimum atomic E-state index is -0.432. The Labute approximate surface area is 135 Å². The van der Waals surface area contributed by atoms with Crippen molar-refractivity contribution in [2.75, 3.05) is 19.7 Å². The summed E-state index contributed by atoms with van der Waals surface area (Å²) in [5.74, 6) is 0.121. The minimum Gasteiger partial charge on any atom is -0.463 e. The van der Waals surface area contributed by atoms with Gasteiger partial charge in [0.05, 0.1) is 18.4 Å². The van der Waals surface area contributed by atoms with E-state index in [1.807, 2.05) is 4.90 Å². The molecule has 6 nitrogen and oxygen atoms in total. The number of esters is 1. The van der Waals surface area contributed by atoms with Crippen LogP contribution in [0.5, 0.6) is 0 Å². The summed E-state index contributed by atoms with van der Waals surface area (Å²) in [6.07, 6.45) is 3.75. The largest absolute Gasteiger partial charge is 0.463 e. The monoisotopic (exact) mass is 318 g/mol. The summed E-state index contributed by atoms with van der Waals surface area (Å²) < 4.78 is 12.1. The molecule has 2 aromatic heterocycles. The molecular formula is C17H22N2O4. The van der Waals surface area contributed by atoms with E-state index in [1.54, 1.807) is 29.9 Å². The van der Waals surface area contributed by atoms with E-state index in [2.05, 4.69) is 6.92 Å². The Morgan fingerprint density at radius 2 is 2.26 bits per heavy atom. The lowest BCUT2D eigenvalue weighted by molar-refractivity contribution is -0.133. The zero-order valence-corrected chi connectivity index (χ0v) is 13.6. The SMILES string of the molecule is CCOC(=O)c1cc2occc2n1CC(=O)N1CCC[C@H](C)C1. The predicted octanol–water partition coefficient (Wildman–Crippen LogP) is 2.67. The smallest absolute Gasteiger partial charge is 0.355 e. The van der Waals surface area contributed by atoms with Crippen molar-refractivity contribution < 1.29 is 18.7 Å². The predicted molar refractivity (Wildman–Crippen MR) is 85.1 cm³/mol. The molecule has 1 aliphatic rings. The Kier molecular flexibility index (Phi) is 4.41. The highest BCUT2D eigenvalue weighted by Gasteiger charge is 2.25. The number of piperidine rings is 1. The second-order valence-electron chi connectivity index (χ2n) is 6.09. The average molecular weight is 318 g/mol. The van der Waals surface area contributed by atoms with Crippen LogP contribution in [0.4, 0.5) is 0 Å². The highest BCUT2D eigenvalue weighted by molar-refractivity contribution is 5.95. The van der Waals surface area contributed by atoms with Gasteiger partial charge < -0.3 is 18.6 Å². The second kappa shape index (κ2) is 6.48. The zero-order chi connectivity index (χ0) is 16.4. The lowest BCUT2D eigenvalue weighted by Crippen LogP contribution is -2.41. The molecule has 6 heteroatoms.